The molecule has 0 aliphatic carbocycles. The lowest BCUT2D eigenvalue weighted by Crippen LogP contribution is -2.20. The Balaban J connectivity index is 2.12. The normalized spacial score (nSPS) is 22.5. The van der Waals surface area contributed by atoms with Crippen molar-refractivity contribution in [3.05, 3.63) is 54.3 Å². The van der Waals surface area contributed by atoms with E-state index in [1.54, 1.807) is 0 Å². The third kappa shape index (κ3) is 0.886. The summed E-state index contributed by atoms with van der Waals surface area (Å²) < 4.78 is 0. The van der Waals surface area contributed by atoms with Gasteiger partial charge in [-0.1, -0.05) is 24.3 Å². The van der Waals surface area contributed by atoms with Crippen LogP contribution in [0.3, 0.4) is 0 Å². The average molecular weight is 170 g/mol. The largest absolute Gasteiger partial charge is 0.379 e. The predicted octanol–water partition coefficient (Wildman–Crippen LogP) is 2.22. The molecule has 2 aliphatic heterocycles. The zero-order chi connectivity index (χ0) is 8.67. The first kappa shape index (κ1) is 6.78. The van der Waals surface area contributed by atoms with E-state index in [1.165, 1.54) is 5.56 Å². The molecule has 63 valence electrons. The van der Waals surface area contributed by atoms with E-state index in [-0.39, 0.29) is 6.04 Å². The zero-order valence-electron chi connectivity index (χ0n) is 6.97. The minimum Gasteiger partial charge on any atom is -0.379 e. The first-order chi connectivity index (χ1) is 6.45. The highest BCUT2D eigenvalue weighted by atomic mass is 16.7. The molecule has 2 nitrogen and oxygen atoms in total. The van der Waals surface area contributed by atoms with Crippen LogP contribution in [0.2, 0.25) is 0 Å². The Bertz CT molecular complexity index is 395. The fourth-order valence-corrected chi connectivity index (χ4v) is 1.65. The third-order valence-electron chi connectivity index (χ3n) is 2.26. The second-order valence-corrected chi connectivity index (χ2v) is 3.07. The Morgan fingerprint density at radius 1 is 1.31 bits per heavy atom. The van der Waals surface area contributed by atoms with Crippen LogP contribution in [0.4, 0.5) is 0 Å². The van der Waals surface area contributed by atoms with E-state index in [1.807, 2.05) is 41.6 Å². The van der Waals surface area contributed by atoms with Crippen molar-refractivity contribution < 1.29 is 4.84 Å². The van der Waals surface area contributed by atoms with Gasteiger partial charge in [-0.25, -0.2) is 5.06 Å². The van der Waals surface area contributed by atoms with Crippen molar-refractivity contribution in [3.63, 3.8) is 0 Å². The highest BCUT2D eigenvalue weighted by molar-refractivity contribution is 5.41. The van der Waals surface area contributed by atoms with Gasteiger partial charge in [0.2, 0.25) is 0 Å². The van der Waals surface area contributed by atoms with Gasteiger partial charge >= 0.3 is 0 Å². The first-order valence-corrected chi connectivity index (χ1v) is 4.26. The molecule has 0 fully saturated rings. The molecule has 1 radical (unpaired) electrons. The van der Waals surface area contributed by atoms with E-state index in [9.17, 15) is 0 Å². The minimum atomic E-state index is 0.140. The molecule has 0 amide bonds. The molecule has 1 unspecified atom stereocenters. The van der Waals surface area contributed by atoms with Crippen molar-refractivity contribution in [2.45, 2.75) is 6.04 Å². The molecule has 0 saturated heterocycles. The number of rotatable bonds is 0. The SMILES string of the molecule is [C]1=CC=CN2Oc3ccccc3C12. The van der Waals surface area contributed by atoms with Crippen LogP contribution in [0.1, 0.15) is 11.6 Å². The summed E-state index contributed by atoms with van der Waals surface area (Å²) in [5.74, 6) is 0.931. The highest BCUT2D eigenvalue weighted by Crippen LogP contribution is 2.38. The van der Waals surface area contributed by atoms with Crippen molar-refractivity contribution in [3.8, 4) is 5.75 Å². The van der Waals surface area contributed by atoms with Crippen molar-refractivity contribution in [1.82, 2.24) is 5.06 Å². The summed E-state index contributed by atoms with van der Waals surface area (Å²) >= 11 is 0. The van der Waals surface area contributed by atoms with E-state index < -0.39 is 0 Å². The van der Waals surface area contributed by atoms with Crippen LogP contribution in [0.25, 0.3) is 0 Å². The molecule has 0 N–H and O–H groups in total. The van der Waals surface area contributed by atoms with Gasteiger partial charge < -0.3 is 4.84 Å². The van der Waals surface area contributed by atoms with Crippen LogP contribution < -0.4 is 4.84 Å². The maximum atomic E-state index is 5.57. The quantitative estimate of drug-likeness (QED) is 0.592. The molecule has 3 rings (SSSR count). The van der Waals surface area contributed by atoms with E-state index in [4.69, 9.17) is 4.84 Å². The third-order valence-corrected chi connectivity index (χ3v) is 2.26. The van der Waals surface area contributed by atoms with Crippen molar-refractivity contribution >= 4 is 0 Å². The highest BCUT2D eigenvalue weighted by Gasteiger charge is 2.29. The fraction of sp³-hybridized carbons (Fsp3) is 0.0909. The monoisotopic (exact) mass is 170 g/mol. The van der Waals surface area contributed by atoms with Crippen LogP contribution in [0, 0.1) is 6.08 Å². The Morgan fingerprint density at radius 3 is 3.23 bits per heavy atom. The maximum Gasteiger partial charge on any atom is 0.161 e. The minimum absolute atomic E-state index is 0.140. The topological polar surface area (TPSA) is 12.5 Å². The summed E-state index contributed by atoms with van der Waals surface area (Å²) in [6.45, 7) is 0. The van der Waals surface area contributed by atoms with Gasteiger partial charge in [0.1, 0.15) is 6.04 Å². The predicted molar refractivity (Wildman–Crippen MR) is 48.6 cm³/mol. The second kappa shape index (κ2) is 2.39. The molecule has 1 aromatic carbocycles. The van der Waals surface area contributed by atoms with Crippen molar-refractivity contribution in [1.29, 1.82) is 0 Å². The number of allylic oxidation sites excluding steroid dienone is 2. The fourth-order valence-electron chi connectivity index (χ4n) is 1.65. The van der Waals surface area contributed by atoms with Gasteiger partial charge in [0.15, 0.2) is 5.75 Å². The average Bonchev–Trinajstić information content (AvgIpc) is 2.56. The molecule has 2 aliphatic rings. The molecule has 0 aromatic heterocycles. The molecular weight excluding hydrogens is 162 g/mol. The molecule has 0 saturated carbocycles. The molecule has 1 atom stereocenters. The van der Waals surface area contributed by atoms with E-state index in [0.29, 0.717) is 0 Å². The Morgan fingerprint density at radius 2 is 2.23 bits per heavy atom. The zero-order valence-corrected chi connectivity index (χ0v) is 6.97. The number of hydrogen-bond donors (Lipinski definition) is 0. The maximum absolute atomic E-state index is 5.57. The Hall–Kier alpha value is -1.70. The smallest absolute Gasteiger partial charge is 0.161 e. The van der Waals surface area contributed by atoms with Crippen LogP contribution in [0.5, 0.6) is 5.75 Å². The van der Waals surface area contributed by atoms with Crippen LogP contribution >= 0.6 is 0 Å². The van der Waals surface area contributed by atoms with Gasteiger partial charge in [-0.15, -0.1) is 0 Å². The van der Waals surface area contributed by atoms with Gasteiger partial charge in [-0.3, -0.25) is 0 Å². The van der Waals surface area contributed by atoms with Gasteiger partial charge in [-0.2, -0.15) is 0 Å². The van der Waals surface area contributed by atoms with E-state index >= 15 is 0 Å². The van der Waals surface area contributed by atoms with Gasteiger partial charge in [-0.05, 0) is 18.2 Å². The number of fused-ring (bicyclic) bond motifs is 3. The molecule has 1 aromatic rings. The van der Waals surface area contributed by atoms with Crippen molar-refractivity contribution in [2.75, 3.05) is 0 Å². The number of nitrogens with zero attached hydrogens (tertiary/aromatic N) is 1. The molecule has 13 heavy (non-hydrogen) atoms. The first-order valence-electron chi connectivity index (χ1n) is 4.26. The summed E-state index contributed by atoms with van der Waals surface area (Å²) in [6.07, 6.45) is 8.99. The Labute approximate surface area is 76.7 Å². The van der Waals surface area contributed by atoms with Crippen molar-refractivity contribution in [2.24, 2.45) is 0 Å². The second-order valence-electron chi connectivity index (χ2n) is 3.07. The summed E-state index contributed by atoms with van der Waals surface area (Å²) in [4.78, 5) is 5.57. The molecular formula is C11H8NO. The molecule has 2 heterocycles. The van der Waals surface area contributed by atoms with Crippen LogP contribution in [-0.2, 0) is 0 Å². The lowest BCUT2D eigenvalue weighted by atomic mass is 10.1. The number of para-hydroxylation sites is 1. The van der Waals surface area contributed by atoms with Gasteiger partial charge in [0, 0.05) is 11.8 Å². The summed E-state index contributed by atoms with van der Waals surface area (Å²) in [6, 6.07) is 8.18. The lowest BCUT2D eigenvalue weighted by Gasteiger charge is -2.19. The summed E-state index contributed by atoms with van der Waals surface area (Å²) in [7, 11) is 0. The van der Waals surface area contributed by atoms with E-state index in [2.05, 4.69) is 12.1 Å². The standard InChI is InChI=1S/C11H8NO/c1-2-7-11-9(5-1)10-6-3-4-8-12(10)13-11/h1-5,7-8,10H. The molecule has 0 spiro atoms. The summed E-state index contributed by atoms with van der Waals surface area (Å²) in [5.41, 5.74) is 1.18. The van der Waals surface area contributed by atoms with Crippen LogP contribution in [0.15, 0.2) is 42.6 Å². The summed E-state index contributed by atoms with van der Waals surface area (Å²) in [5, 5.41) is 1.81. The molecule has 2 heteroatoms. The van der Waals surface area contributed by atoms with E-state index in [0.717, 1.165) is 5.75 Å². The van der Waals surface area contributed by atoms with Gasteiger partial charge in [0.05, 0.1) is 0 Å². The lowest BCUT2D eigenvalue weighted by molar-refractivity contribution is -0.00778. The molecule has 0 bridgehead atoms. The number of benzene rings is 1. The number of hydroxylamine groups is 2. The number of hydrogen-bond acceptors (Lipinski definition) is 2. The van der Waals surface area contributed by atoms with Crippen LogP contribution in [-0.4, -0.2) is 5.06 Å². The Kier molecular flexibility index (Phi) is 1.25. The van der Waals surface area contributed by atoms with Gasteiger partial charge in [0.25, 0.3) is 0 Å².